The van der Waals surface area contributed by atoms with Crippen LogP contribution in [0.2, 0.25) is 0 Å². The summed E-state index contributed by atoms with van der Waals surface area (Å²) in [6, 6.07) is 9.25. The largest absolute Gasteiger partial charge is 0.468 e. The van der Waals surface area contributed by atoms with Gasteiger partial charge in [0.2, 0.25) is 0 Å². The van der Waals surface area contributed by atoms with Gasteiger partial charge in [0, 0.05) is 6.08 Å². The normalized spacial score (nSPS) is 13.8. The number of methoxy groups -OCH3 is 1. The Kier molecular flexibility index (Phi) is 5.97. The number of hydrogen-bond donors (Lipinski definition) is 0. The molecule has 0 saturated carbocycles. The van der Waals surface area contributed by atoms with E-state index in [0.29, 0.717) is 13.0 Å². The predicted octanol–water partition coefficient (Wildman–Crippen LogP) is 2.63. The quantitative estimate of drug-likeness (QED) is 0.592. The average molecular weight is 276 g/mol. The summed E-state index contributed by atoms with van der Waals surface area (Å²) < 4.78 is 9.76. The number of carbonyl (C=O) groups is 2. The molecule has 0 aliphatic heterocycles. The SMILES string of the molecule is CCOC(=O)C=C[C@](CC)(C(=O)OC)c1ccccc1. The van der Waals surface area contributed by atoms with Gasteiger partial charge in [0.15, 0.2) is 0 Å². The van der Waals surface area contributed by atoms with Crippen LogP contribution in [0.3, 0.4) is 0 Å². The summed E-state index contributed by atoms with van der Waals surface area (Å²) in [4.78, 5) is 23.7. The van der Waals surface area contributed by atoms with Crippen LogP contribution < -0.4 is 0 Å². The van der Waals surface area contributed by atoms with Gasteiger partial charge in [0.05, 0.1) is 13.7 Å². The van der Waals surface area contributed by atoms with Crippen molar-refractivity contribution in [1.82, 2.24) is 0 Å². The molecule has 0 aromatic heterocycles. The molecule has 1 atom stereocenters. The monoisotopic (exact) mass is 276 g/mol. The van der Waals surface area contributed by atoms with Gasteiger partial charge in [-0.3, -0.25) is 4.79 Å². The summed E-state index contributed by atoms with van der Waals surface area (Å²) in [6.07, 6.45) is 3.34. The minimum absolute atomic E-state index is 0.297. The number of rotatable bonds is 6. The third-order valence-electron chi connectivity index (χ3n) is 3.19. The van der Waals surface area contributed by atoms with Crippen LogP contribution in [-0.2, 0) is 24.5 Å². The topological polar surface area (TPSA) is 52.6 Å². The summed E-state index contributed by atoms with van der Waals surface area (Å²) in [5, 5.41) is 0. The van der Waals surface area contributed by atoms with Crippen molar-refractivity contribution in [1.29, 1.82) is 0 Å². The van der Waals surface area contributed by atoms with Crippen LogP contribution in [0.25, 0.3) is 0 Å². The van der Waals surface area contributed by atoms with Gasteiger partial charge in [0.1, 0.15) is 5.41 Å². The molecule has 0 unspecified atom stereocenters. The van der Waals surface area contributed by atoms with Crippen LogP contribution in [0, 0.1) is 0 Å². The van der Waals surface area contributed by atoms with E-state index in [9.17, 15) is 9.59 Å². The van der Waals surface area contributed by atoms with Gasteiger partial charge in [0.25, 0.3) is 0 Å². The molecule has 0 amide bonds. The Labute approximate surface area is 119 Å². The first-order valence-corrected chi connectivity index (χ1v) is 6.60. The molecule has 20 heavy (non-hydrogen) atoms. The number of carbonyl (C=O) groups excluding carboxylic acids is 2. The van der Waals surface area contributed by atoms with Crippen LogP contribution in [0.1, 0.15) is 25.8 Å². The fourth-order valence-electron chi connectivity index (χ4n) is 2.07. The number of esters is 2. The zero-order chi connectivity index (χ0) is 15.0. The van der Waals surface area contributed by atoms with E-state index >= 15 is 0 Å². The fraction of sp³-hybridized carbons (Fsp3) is 0.375. The van der Waals surface area contributed by atoms with Crippen molar-refractivity contribution in [3.05, 3.63) is 48.0 Å². The van der Waals surface area contributed by atoms with Crippen LogP contribution in [0.4, 0.5) is 0 Å². The van der Waals surface area contributed by atoms with Crippen molar-refractivity contribution in [2.24, 2.45) is 0 Å². The smallest absolute Gasteiger partial charge is 0.330 e. The van der Waals surface area contributed by atoms with E-state index in [4.69, 9.17) is 9.47 Å². The predicted molar refractivity (Wildman–Crippen MR) is 76.2 cm³/mol. The van der Waals surface area contributed by atoms with E-state index in [0.717, 1.165) is 5.56 Å². The zero-order valence-electron chi connectivity index (χ0n) is 12.1. The summed E-state index contributed by atoms with van der Waals surface area (Å²) in [5.74, 6) is -0.864. The van der Waals surface area contributed by atoms with Gasteiger partial charge in [-0.1, -0.05) is 43.3 Å². The van der Waals surface area contributed by atoms with E-state index in [-0.39, 0.29) is 0 Å². The Hall–Kier alpha value is -2.10. The first-order valence-electron chi connectivity index (χ1n) is 6.60. The molecule has 0 aliphatic carbocycles. The van der Waals surface area contributed by atoms with Crippen molar-refractivity contribution in [2.75, 3.05) is 13.7 Å². The number of hydrogen-bond acceptors (Lipinski definition) is 4. The van der Waals surface area contributed by atoms with Crippen LogP contribution in [-0.4, -0.2) is 25.7 Å². The summed E-state index contributed by atoms with van der Waals surface area (Å²) in [7, 11) is 1.34. The second-order valence-electron chi connectivity index (χ2n) is 4.27. The van der Waals surface area contributed by atoms with Crippen molar-refractivity contribution in [3.63, 3.8) is 0 Å². The second kappa shape index (κ2) is 7.48. The number of ether oxygens (including phenoxy) is 2. The molecule has 1 rings (SSSR count). The van der Waals surface area contributed by atoms with Gasteiger partial charge in [-0.2, -0.15) is 0 Å². The zero-order valence-corrected chi connectivity index (χ0v) is 12.1. The van der Waals surface area contributed by atoms with Gasteiger partial charge in [-0.25, -0.2) is 4.79 Å². The Morgan fingerprint density at radius 1 is 1.20 bits per heavy atom. The first kappa shape index (κ1) is 16.0. The molecule has 0 spiro atoms. The molecule has 0 radical (unpaired) electrons. The summed E-state index contributed by atoms with van der Waals surface area (Å²) >= 11 is 0. The lowest BCUT2D eigenvalue weighted by Gasteiger charge is -2.26. The van der Waals surface area contributed by atoms with Crippen molar-refractivity contribution >= 4 is 11.9 Å². The highest BCUT2D eigenvalue weighted by molar-refractivity contribution is 5.89. The van der Waals surface area contributed by atoms with E-state index < -0.39 is 17.4 Å². The van der Waals surface area contributed by atoms with Gasteiger partial charge in [-0.15, -0.1) is 0 Å². The van der Waals surface area contributed by atoms with Crippen molar-refractivity contribution < 1.29 is 19.1 Å². The lowest BCUT2D eigenvalue weighted by molar-refractivity contribution is -0.145. The van der Waals surface area contributed by atoms with Crippen LogP contribution >= 0.6 is 0 Å². The minimum atomic E-state index is -0.969. The lowest BCUT2D eigenvalue weighted by atomic mass is 9.77. The van der Waals surface area contributed by atoms with Crippen molar-refractivity contribution in [2.45, 2.75) is 25.7 Å². The third-order valence-corrected chi connectivity index (χ3v) is 3.19. The first-order chi connectivity index (χ1) is 9.60. The highest BCUT2D eigenvalue weighted by Gasteiger charge is 2.37. The summed E-state index contributed by atoms with van der Waals surface area (Å²) in [6.45, 7) is 3.90. The van der Waals surface area contributed by atoms with Crippen LogP contribution in [0.5, 0.6) is 0 Å². The maximum absolute atomic E-state index is 12.2. The highest BCUT2D eigenvalue weighted by Crippen LogP contribution is 2.31. The Morgan fingerprint density at radius 2 is 1.85 bits per heavy atom. The number of benzene rings is 1. The average Bonchev–Trinajstić information content (AvgIpc) is 2.49. The fourth-order valence-corrected chi connectivity index (χ4v) is 2.07. The third kappa shape index (κ3) is 3.47. The van der Waals surface area contributed by atoms with E-state index in [1.54, 1.807) is 13.0 Å². The summed E-state index contributed by atoms with van der Waals surface area (Å²) in [5.41, 5.74) is -0.183. The molecular formula is C16H20O4. The Bertz CT molecular complexity index is 479. The molecule has 4 nitrogen and oxygen atoms in total. The maximum atomic E-state index is 12.2. The molecule has 0 bridgehead atoms. The highest BCUT2D eigenvalue weighted by atomic mass is 16.5. The lowest BCUT2D eigenvalue weighted by Crippen LogP contribution is -2.34. The minimum Gasteiger partial charge on any atom is -0.468 e. The van der Waals surface area contributed by atoms with Gasteiger partial charge < -0.3 is 9.47 Å². The molecule has 0 aliphatic rings. The van der Waals surface area contributed by atoms with E-state index in [1.165, 1.54) is 13.2 Å². The second-order valence-corrected chi connectivity index (χ2v) is 4.27. The van der Waals surface area contributed by atoms with Gasteiger partial charge >= 0.3 is 11.9 Å². The standard InChI is InChI=1S/C16H20O4/c1-4-16(15(18)19-3,12-11-14(17)20-5-2)13-9-7-6-8-10-13/h6-12H,4-5H2,1-3H3/t16-/m0/s1. The van der Waals surface area contributed by atoms with E-state index in [1.807, 2.05) is 37.3 Å². The van der Waals surface area contributed by atoms with E-state index in [2.05, 4.69) is 0 Å². The molecule has 108 valence electrons. The molecule has 0 N–H and O–H groups in total. The maximum Gasteiger partial charge on any atom is 0.330 e. The Balaban J connectivity index is 3.20. The molecule has 0 heterocycles. The molecule has 0 saturated heterocycles. The van der Waals surface area contributed by atoms with Gasteiger partial charge in [-0.05, 0) is 18.9 Å². The van der Waals surface area contributed by atoms with Crippen LogP contribution in [0.15, 0.2) is 42.5 Å². The molecule has 0 fully saturated rings. The molecule has 4 heteroatoms. The Morgan fingerprint density at radius 3 is 2.35 bits per heavy atom. The molecule has 1 aromatic rings. The van der Waals surface area contributed by atoms with Crippen molar-refractivity contribution in [3.8, 4) is 0 Å². The molecular weight excluding hydrogens is 256 g/mol. The molecule has 1 aromatic carbocycles.